The maximum atomic E-state index is 10.8. The number of nitro groups is 1. The molecule has 0 aliphatic carbocycles. The van der Waals surface area contributed by atoms with E-state index >= 15 is 0 Å². The number of aromatic nitrogens is 3. The molecule has 2 aromatic rings. The molecule has 18 heavy (non-hydrogen) atoms. The summed E-state index contributed by atoms with van der Waals surface area (Å²) in [5, 5.41) is 14.9. The van der Waals surface area contributed by atoms with Crippen LogP contribution in [0.1, 0.15) is 17.0 Å². The number of nitrogens with zero attached hydrogens (tertiary/aromatic N) is 4. The van der Waals surface area contributed by atoms with Crippen LogP contribution in [0.4, 0.5) is 11.5 Å². The first-order valence-corrected chi connectivity index (χ1v) is 5.38. The van der Waals surface area contributed by atoms with Crippen LogP contribution in [0.3, 0.4) is 0 Å². The standard InChI is InChI=1S/C11H13N5O2/c1-7-3-4-9(13-5-7)6-15-11(12)10(16(17)18)8(2)14-15/h3-5H,6,12H2,1-2H3. The number of hydrogen-bond donors (Lipinski definition) is 1. The molecule has 0 radical (unpaired) electrons. The summed E-state index contributed by atoms with van der Waals surface area (Å²) in [4.78, 5) is 14.5. The fourth-order valence-electron chi connectivity index (χ4n) is 1.68. The Bertz CT molecular complexity index is 588. The molecule has 94 valence electrons. The minimum atomic E-state index is -0.517. The number of nitrogen functional groups attached to an aromatic ring is 1. The van der Waals surface area contributed by atoms with Crippen molar-refractivity contribution in [3.05, 3.63) is 45.4 Å². The van der Waals surface area contributed by atoms with Crippen molar-refractivity contribution in [1.29, 1.82) is 0 Å². The van der Waals surface area contributed by atoms with Crippen LogP contribution in [-0.4, -0.2) is 19.7 Å². The van der Waals surface area contributed by atoms with Crippen molar-refractivity contribution in [2.45, 2.75) is 20.4 Å². The maximum Gasteiger partial charge on any atom is 0.333 e. The van der Waals surface area contributed by atoms with Gasteiger partial charge in [0, 0.05) is 6.20 Å². The monoisotopic (exact) mass is 247 g/mol. The highest BCUT2D eigenvalue weighted by Gasteiger charge is 2.22. The molecule has 0 atom stereocenters. The summed E-state index contributed by atoms with van der Waals surface area (Å²) in [5.74, 6) is 0.0554. The van der Waals surface area contributed by atoms with Crippen LogP contribution < -0.4 is 5.73 Å². The Kier molecular flexibility index (Phi) is 2.97. The van der Waals surface area contributed by atoms with Gasteiger partial charge < -0.3 is 5.73 Å². The van der Waals surface area contributed by atoms with Crippen molar-refractivity contribution in [1.82, 2.24) is 14.8 Å². The zero-order valence-corrected chi connectivity index (χ0v) is 10.1. The molecule has 0 aromatic carbocycles. The van der Waals surface area contributed by atoms with Crippen LogP contribution in [0.25, 0.3) is 0 Å². The van der Waals surface area contributed by atoms with Gasteiger partial charge in [0.1, 0.15) is 5.69 Å². The molecule has 0 aliphatic rings. The van der Waals surface area contributed by atoms with Crippen LogP contribution in [-0.2, 0) is 6.54 Å². The Morgan fingerprint density at radius 1 is 1.44 bits per heavy atom. The third kappa shape index (κ3) is 2.15. The van der Waals surface area contributed by atoms with E-state index in [-0.39, 0.29) is 11.5 Å². The van der Waals surface area contributed by atoms with Gasteiger partial charge in [-0.25, -0.2) is 4.68 Å². The number of anilines is 1. The van der Waals surface area contributed by atoms with Crippen LogP contribution in [0.2, 0.25) is 0 Å². The van der Waals surface area contributed by atoms with E-state index in [4.69, 9.17) is 5.73 Å². The highest BCUT2D eigenvalue weighted by Crippen LogP contribution is 2.25. The highest BCUT2D eigenvalue weighted by molar-refractivity contribution is 5.56. The lowest BCUT2D eigenvalue weighted by molar-refractivity contribution is -0.384. The van der Waals surface area contributed by atoms with Crippen molar-refractivity contribution in [3.63, 3.8) is 0 Å². The molecular formula is C11H13N5O2. The van der Waals surface area contributed by atoms with Gasteiger partial charge in [0.15, 0.2) is 0 Å². The van der Waals surface area contributed by atoms with Crippen LogP contribution in [0.15, 0.2) is 18.3 Å². The van der Waals surface area contributed by atoms with Crippen molar-refractivity contribution < 1.29 is 4.92 Å². The number of pyridine rings is 1. The Labute approximate surface area is 103 Å². The number of nitrogens with two attached hydrogens (primary N) is 1. The van der Waals surface area contributed by atoms with Gasteiger partial charge in [0.05, 0.1) is 17.2 Å². The molecule has 2 aromatic heterocycles. The summed E-state index contributed by atoms with van der Waals surface area (Å²) < 4.78 is 1.39. The van der Waals surface area contributed by atoms with Gasteiger partial charge in [-0.2, -0.15) is 5.10 Å². The van der Waals surface area contributed by atoms with E-state index in [9.17, 15) is 10.1 Å². The molecular weight excluding hydrogens is 234 g/mol. The third-order valence-electron chi connectivity index (χ3n) is 2.60. The zero-order chi connectivity index (χ0) is 13.3. The lowest BCUT2D eigenvalue weighted by Crippen LogP contribution is -2.07. The molecule has 0 spiro atoms. The van der Waals surface area contributed by atoms with Crippen molar-refractivity contribution >= 4 is 11.5 Å². The molecule has 0 bridgehead atoms. The van der Waals surface area contributed by atoms with Gasteiger partial charge in [0.25, 0.3) is 0 Å². The average molecular weight is 247 g/mol. The van der Waals surface area contributed by atoms with E-state index in [0.717, 1.165) is 11.3 Å². The predicted octanol–water partition coefficient (Wildman–Crippen LogP) is 1.43. The highest BCUT2D eigenvalue weighted by atomic mass is 16.6. The molecule has 0 fully saturated rings. The van der Waals surface area contributed by atoms with Gasteiger partial charge in [-0.15, -0.1) is 0 Å². The Hall–Kier alpha value is -2.44. The molecule has 2 rings (SSSR count). The minimum Gasteiger partial charge on any atom is -0.378 e. The molecule has 2 N–H and O–H groups in total. The third-order valence-corrected chi connectivity index (χ3v) is 2.60. The second-order valence-corrected chi connectivity index (χ2v) is 4.06. The van der Waals surface area contributed by atoms with E-state index < -0.39 is 4.92 Å². The Morgan fingerprint density at radius 2 is 2.17 bits per heavy atom. The Balaban J connectivity index is 2.33. The minimum absolute atomic E-state index is 0.0554. The van der Waals surface area contributed by atoms with E-state index in [2.05, 4.69) is 10.1 Å². The molecule has 7 heteroatoms. The molecule has 0 unspecified atom stereocenters. The van der Waals surface area contributed by atoms with E-state index in [1.807, 2.05) is 19.1 Å². The van der Waals surface area contributed by atoms with Gasteiger partial charge in [-0.3, -0.25) is 15.1 Å². The van der Waals surface area contributed by atoms with Crippen LogP contribution in [0, 0.1) is 24.0 Å². The molecule has 2 heterocycles. The Morgan fingerprint density at radius 3 is 2.67 bits per heavy atom. The molecule has 0 saturated carbocycles. The van der Waals surface area contributed by atoms with Gasteiger partial charge in [-0.1, -0.05) is 6.07 Å². The fraction of sp³-hybridized carbons (Fsp3) is 0.273. The van der Waals surface area contributed by atoms with Gasteiger partial charge >= 0.3 is 5.69 Å². The number of hydrogen-bond acceptors (Lipinski definition) is 5. The normalized spacial score (nSPS) is 10.6. The van der Waals surface area contributed by atoms with E-state index in [1.165, 1.54) is 4.68 Å². The summed E-state index contributed by atoms with van der Waals surface area (Å²) in [6, 6.07) is 3.76. The number of aryl methyl sites for hydroxylation is 2. The largest absolute Gasteiger partial charge is 0.378 e. The summed E-state index contributed by atoms with van der Waals surface area (Å²) in [5.41, 5.74) is 7.69. The van der Waals surface area contributed by atoms with Gasteiger partial charge in [0.2, 0.25) is 5.82 Å². The smallest absolute Gasteiger partial charge is 0.333 e. The van der Waals surface area contributed by atoms with Crippen molar-refractivity contribution in [3.8, 4) is 0 Å². The molecule has 0 saturated heterocycles. The first-order valence-electron chi connectivity index (χ1n) is 5.38. The first-order chi connectivity index (χ1) is 8.49. The quantitative estimate of drug-likeness (QED) is 0.653. The maximum absolute atomic E-state index is 10.8. The summed E-state index contributed by atoms with van der Waals surface area (Å²) in [6.07, 6.45) is 1.73. The van der Waals surface area contributed by atoms with Crippen LogP contribution >= 0.6 is 0 Å². The lowest BCUT2D eigenvalue weighted by atomic mass is 10.3. The predicted molar refractivity (Wildman–Crippen MR) is 66.1 cm³/mol. The topological polar surface area (TPSA) is 99.9 Å². The molecule has 7 nitrogen and oxygen atoms in total. The summed E-state index contributed by atoms with van der Waals surface area (Å²) in [6.45, 7) is 3.82. The van der Waals surface area contributed by atoms with Crippen molar-refractivity contribution in [2.75, 3.05) is 5.73 Å². The summed E-state index contributed by atoms with van der Waals surface area (Å²) in [7, 11) is 0. The van der Waals surface area contributed by atoms with Gasteiger partial charge in [-0.05, 0) is 25.5 Å². The first kappa shape index (κ1) is 12.0. The SMILES string of the molecule is Cc1ccc(Cn2nc(C)c([N+](=O)[O-])c2N)nc1. The van der Waals surface area contributed by atoms with E-state index in [1.54, 1.807) is 13.1 Å². The lowest BCUT2D eigenvalue weighted by Gasteiger charge is -2.03. The van der Waals surface area contributed by atoms with E-state index in [0.29, 0.717) is 12.2 Å². The second kappa shape index (κ2) is 4.44. The van der Waals surface area contributed by atoms with Crippen molar-refractivity contribution in [2.24, 2.45) is 0 Å². The summed E-state index contributed by atoms with van der Waals surface area (Å²) >= 11 is 0. The zero-order valence-electron chi connectivity index (χ0n) is 10.1. The average Bonchev–Trinajstić information content (AvgIpc) is 2.57. The molecule has 0 amide bonds. The second-order valence-electron chi connectivity index (χ2n) is 4.06. The van der Waals surface area contributed by atoms with Crippen LogP contribution in [0.5, 0.6) is 0 Å². The molecule has 0 aliphatic heterocycles. The number of rotatable bonds is 3. The fourth-order valence-corrected chi connectivity index (χ4v) is 1.68.